The van der Waals surface area contributed by atoms with Crippen molar-refractivity contribution in [2.45, 2.75) is 0 Å². The van der Waals surface area contributed by atoms with Crippen LogP contribution in [0.1, 0.15) is 0 Å². The monoisotopic (exact) mass is 89.9 g/mol. The van der Waals surface area contributed by atoms with Crippen LogP contribution in [0.4, 0.5) is 0 Å². The van der Waals surface area contributed by atoms with Crippen molar-refractivity contribution >= 4 is 28.7 Å². The van der Waals surface area contributed by atoms with Gasteiger partial charge in [-0.2, -0.15) is 0 Å². The highest BCUT2D eigenvalue weighted by atomic mass is 32.1. The molecule has 0 aliphatic rings. The first-order valence-corrected chi connectivity index (χ1v) is 1.22. The Morgan fingerprint density at radius 1 is 1.25 bits per heavy atom. The lowest BCUT2D eigenvalue weighted by molar-refractivity contribution is 2.13. The molecule has 21 valence electrons. The minimum absolute atomic E-state index is 0. The molecule has 0 aliphatic heterocycles. The molecule has 0 heterocycles. The Morgan fingerprint density at radius 3 is 1.25 bits per heavy atom. The summed E-state index contributed by atoms with van der Waals surface area (Å²) < 4.78 is 1.92. The molecule has 0 atom stereocenters. The average molecular weight is 90.2 g/mol. The molecule has 0 spiro atoms. The summed E-state index contributed by atoms with van der Waals surface area (Å²) in [5.74, 6) is 0. The van der Waals surface area contributed by atoms with Crippen LogP contribution in [0.15, 0.2) is 0 Å². The zero-order chi connectivity index (χ0) is 2.71. The fraction of sp³-hybridized carbons (Fsp3) is 0. The van der Waals surface area contributed by atoms with Crippen molar-refractivity contribution in [1.82, 2.24) is 6.15 Å². The molecular weight excluding hydrogens is 90.2 g/mol. The van der Waals surface area contributed by atoms with Gasteiger partial charge < -0.3 is 0 Å². The number of rotatable bonds is 0. The van der Waals surface area contributed by atoms with E-state index in [1.54, 1.807) is 0 Å². The summed E-state index contributed by atoms with van der Waals surface area (Å²) in [4.78, 5) is 0. The van der Waals surface area contributed by atoms with Crippen LogP contribution in [0.3, 0.4) is 0 Å². The Hall–Kier alpha value is 0.180. The van der Waals surface area contributed by atoms with E-state index in [1.807, 2.05) is 4.31 Å². The van der Waals surface area contributed by atoms with Gasteiger partial charge in [-0.15, -0.1) is 0 Å². The first-order chi connectivity index (χ1) is 1.41. The second-order valence-corrected chi connectivity index (χ2v) is 0.750. The maximum absolute atomic E-state index is 3.96. The third-order valence-corrected chi connectivity index (χ3v) is 0. The number of thiocarbonyl (C=S) groups is 2. The standard InChI is InChI=1S/CS2.N/c2-1-3;. The Balaban J connectivity index is 0. The minimum Gasteiger partial charge on any atom is -0.0148 e. The van der Waals surface area contributed by atoms with E-state index < -0.39 is 0 Å². The zero-order valence-corrected chi connectivity index (χ0v) is 3.40. The lowest BCUT2D eigenvalue weighted by Crippen LogP contribution is -0.917. The predicted molar refractivity (Wildman–Crippen MR) is 22.3 cm³/mol. The van der Waals surface area contributed by atoms with Crippen molar-refractivity contribution in [3.05, 3.63) is 0 Å². The maximum atomic E-state index is 3.96. The number of hydrogen-bond acceptors (Lipinski definition) is 2. The lowest BCUT2D eigenvalue weighted by Gasteiger charge is -0.992. The molecule has 3 radical (unpaired) electrons. The normalized spacial score (nSPS) is 2.00. The summed E-state index contributed by atoms with van der Waals surface area (Å²) in [6, 6.07) is 0. The van der Waals surface area contributed by atoms with Gasteiger partial charge in [0.25, 0.3) is 0 Å². The molecule has 3 heteroatoms. The number of nitrogens with zero attached hydrogens (tertiary/aromatic N) is 1. The van der Waals surface area contributed by atoms with Crippen LogP contribution in [0.2, 0.25) is 0 Å². The molecule has 0 aromatic carbocycles. The maximum Gasteiger partial charge on any atom is 0.0297 e. The Labute approximate surface area is 35.6 Å². The van der Waals surface area contributed by atoms with Gasteiger partial charge in [0, 0.05) is 10.5 Å². The van der Waals surface area contributed by atoms with Gasteiger partial charge in [-0.3, -0.25) is 0 Å². The summed E-state index contributed by atoms with van der Waals surface area (Å²) in [5, 5.41) is 0. The molecule has 0 bridgehead atoms. The van der Waals surface area contributed by atoms with Crippen LogP contribution in [-0.2, 0) is 0 Å². The van der Waals surface area contributed by atoms with Gasteiger partial charge in [-0.25, -0.2) is 0 Å². The second-order valence-electron chi connectivity index (χ2n) is 0.0833. The highest BCUT2D eigenvalue weighted by Crippen LogP contribution is 1.29. The van der Waals surface area contributed by atoms with Crippen molar-refractivity contribution in [1.29, 1.82) is 0 Å². The van der Waals surface area contributed by atoms with Crippen LogP contribution in [0, 0.1) is 0 Å². The van der Waals surface area contributed by atoms with Gasteiger partial charge in [0.05, 0.1) is 0 Å². The number of hydrogen-bond donors (Lipinski definition) is 0. The first-order valence-electron chi connectivity index (χ1n) is 0.408. The van der Waals surface area contributed by atoms with Gasteiger partial charge >= 0.3 is 0 Å². The molecule has 0 aromatic heterocycles. The average Bonchev–Trinajstić information content (AvgIpc) is 0.918. The van der Waals surface area contributed by atoms with Crippen LogP contribution in [-0.4, -0.2) is 4.31 Å². The van der Waals surface area contributed by atoms with Crippen molar-refractivity contribution in [2.75, 3.05) is 0 Å². The highest BCUT2D eigenvalue weighted by Gasteiger charge is 1.01. The molecule has 0 aliphatic carbocycles. The quantitative estimate of drug-likeness (QED) is 0.406. The molecule has 0 fully saturated rings. The van der Waals surface area contributed by atoms with Gasteiger partial charge in [0.1, 0.15) is 0 Å². The van der Waals surface area contributed by atoms with Gasteiger partial charge in [0.15, 0.2) is 0 Å². The fourth-order valence-corrected chi connectivity index (χ4v) is 0. The Morgan fingerprint density at radius 2 is 1.25 bits per heavy atom. The van der Waals surface area contributed by atoms with Gasteiger partial charge in [0.2, 0.25) is 0 Å². The lowest BCUT2D eigenvalue weighted by atomic mass is 12.0. The molecule has 1 nitrogen and oxygen atoms in total. The minimum atomic E-state index is 0. The predicted octanol–water partition coefficient (Wildman–Crippen LogP) is 0.537. The molecule has 0 saturated carbocycles. The van der Waals surface area contributed by atoms with E-state index in [2.05, 4.69) is 24.4 Å². The molecule has 0 unspecified atom stereocenters. The van der Waals surface area contributed by atoms with Crippen LogP contribution >= 0.6 is 24.4 Å². The van der Waals surface area contributed by atoms with Crippen molar-refractivity contribution in [3.8, 4) is 0 Å². The largest absolute Gasteiger partial charge is 0.0297 e. The van der Waals surface area contributed by atoms with Crippen LogP contribution < -0.4 is 6.15 Å². The van der Waals surface area contributed by atoms with Gasteiger partial charge in [-0.1, -0.05) is 0 Å². The molecule has 4 heavy (non-hydrogen) atoms. The summed E-state index contributed by atoms with van der Waals surface area (Å²) in [6.07, 6.45) is 0. The van der Waals surface area contributed by atoms with Gasteiger partial charge in [-0.05, 0) is 24.4 Å². The molecule has 0 N–H and O–H groups in total. The summed E-state index contributed by atoms with van der Waals surface area (Å²) in [6.45, 7) is 0. The third kappa shape index (κ3) is 93.7. The fourth-order valence-electron chi connectivity index (χ4n) is 0. The first kappa shape index (κ1) is 8.89. The molecular formula is CNS2. The zero-order valence-electron chi connectivity index (χ0n) is 1.76. The Bertz CT molecular complexity index is 27.0. The SMILES string of the molecule is S=C=S.[N]. The highest BCUT2D eigenvalue weighted by molar-refractivity contribution is 7.93. The van der Waals surface area contributed by atoms with E-state index in [9.17, 15) is 0 Å². The van der Waals surface area contributed by atoms with E-state index in [0.29, 0.717) is 0 Å². The second kappa shape index (κ2) is 10.9. The van der Waals surface area contributed by atoms with Crippen LogP contribution in [0.5, 0.6) is 0 Å². The van der Waals surface area contributed by atoms with Crippen molar-refractivity contribution in [3.63, 3.8) is 0 Å². The Kier molecular flexibility index (Phi) is 24.1. The summed E-state index contributed by atoms with van der Waals surface area (Å²) in [7, 11) is 0. The molecule has 0 aromatic rings. The summed E-state index contributed by atoms with van der Waals surface area (Å²) >= 11 is 7.92. The van der Waals surface area contributed by atoms with Crippen LogP contribution in [0.25, 0.3) is 0 Å². The van der Waals surface area contributed by atoms with E-state index >= 15 is 0 Å². The topological polar surface area (TPSA) is 30.5 Å². The molecule has 0 rings (SSSR count). The third-order valence-electron chi connectivity index (χ3n) is 0. The smallest absolute Gasteiger partial charge is 0.0148 e. The van der Waals surface area contributed by atoms with E-state index in [1.165, 1.54) is 0 Å². The van der Waals surface area contributed by atoms with E-state index in [-0.39, 0.29) is 6.15 Å². The molecule has 0 saturated heterocycles. The van der Waals surface area contributed by atoms with Crippen molar-refractivity contribution in [2.24, 2.45) is 0 Å². The van der Waals surface area contributed by atoms with E-state index in [4.69, 9.17) is 0 Å². The molecule has 0 amide bonds. The summed E-state index contributed by atoms with van der Waals surface area (Å²) in [5.41, 5.74) is 0. The van der Waals surface area contributed by atoms with Crippen molar-refractivity contribution < 1.29 is 0 Å². The van der Waals surface area contributed by atoms with E-state index in [0.717, 1.165) is 0 Å².